The molecule has 1 aliphatic heterocycles. The van der Waals surface area contributed by atoms with Crippen LogP contribution in [0.3, 0.4) is 0 Å². The number of nitrogens with two attached hydrogens (primary N) is 1. The average Bonchev–Trinajstić information content (AvgIpc) is 2.84. The molecule has 0 aliphatic carbocycles. The van der Waals surface area contributed by atoms with Gasteiger partial charge in [-0.05, 0) is 18.8 Å². The molecule has 0 amide bonds. The topological polar surface area (TPSA) is 83.4 Å². The first kappa shape index (κ1) is 15.4. The molecule has 2 rings (SSSR count). The van der Waals surface area contributed by atoms with E-state index in [-0.39, 0.29) is 23.5 Å². The first-order valence-corrected chi connectivity index (χ1v) is 7.22. The fourth-order valence-corrected chi connectivity index (χ4v) is 2.39. The Morgan fingerprint density at radius 1 is 1.45 bits per heavy atom. The molecular weight excluding hydrogens is 258 g/mol. The van der Waals surface area contributed by atoms with E-state index in [2.05, 4.69) is 30.9 Å². The van der Waals surface area contributed by atoms with Gasteiger partial charge in [-0.1, -0.05) is 25.9 Å². The van der Waals surface area contributed by atoms with Crippen molar-refractivity contribution < 1.29 is 14.0 Å². The summed E-state index contributed by atoms with van der Waals surface area (Å²) in [4.78, 5) is 4.51. The standard InChI is InChI=1S/C14H25N3O3/c1-5-19-11(14(2,3)4)12-16-13(20-17-12)9-8-18-7-6-10(9)15/h9-11H,5-8,15H2,1-4H3. The van der Waals surface area contributed by atoms with Crippen molar-refractivity contribution in [2.75, 3.05) is 19.8 Å². The van der Waals surface area contributed by atoms with Crippen molar-refractivity contribution in [1.82, 2.24) is 10.1 Å². The summed E-state index contributed by atoms with van der Waals surface area (Å²) in [6.07, 6.45) is 0.627. The molecule has 1 aromatic rings. The van der Waals surface area contributed by atoms with Crippen LogP contribution in [0.2, 0.25) is 0 Å². The first-order valence-electron chi connectivity index (χ1n) is 7.22. The lowest BCUT2D eigenvalue weighted by Crippen LogP contribution is -2.37. The molecule has 0 aromatic carbocycles. The predicted molar refractivity (Wildman–Crippen MR) is 74.3 cm³/mol. The van der Waals surface area contributed by atoms with Crippen LogP contribution in [0.1, 0.15) is 57.9 Å². The van der Waals surface area contributed by atoms with E-state index in [0.29, 0.717) is 31.5 Å². The van der Waals surface area contributed by atoms with Crippen LogP contribution < -0.4 is 5.73 Å². The van der Waals surface area contributed by atoms with Crippen LogP contribution in [-0.2, 0) is 9.47 Å². The second-order valence-electron chi connectivity index (χ2n) is 6.33. The minimum absolute atomic E-state index is 0.0113. The van der Waals surface area contributed by atoms with Gasteiger partial charge in [0.25, 0.3) is 0 Å². The summed E-state index contributed by atoms with van der Waals surface area (Å²) >= 11 is 0. The molecule has 114 valence electrons. The highest BCUT2D eigenvalue weighted by Crippen LogP contribution is 2.35. The van der Waals surface area contributed by atoms with Gasteiger partial charge in [-0.15, -0.1) is 0 Å². The van der Waals surface area contributed by atoms with E-state index in [0.717, 1.165) is 6.42 Å². The van der Waals surface area contributed by atoms with Crippen LogP contribution in [0.5, 0.6) is 0 Å². The predicted octanol–water partition coefficient (Wildman–Crippen LogP) is 2.02. The van der Waals surface area contributed by atoms with Crippen LogP contribution >= 0.6 is 0 Å². The SMILES string of the molecule is CCOC(c1noc(C2COCCC2N)n1)C(C)(C)C. The third-order valence-corrected chi connectivity index (χ3v) is 3.54. The van der Waals surface area contributed by atoms with Crippen molar-refractivity contribution in [3.63, 3.8) is 0 Å². The van der Waals surface area contributed by atoms with E-state index in [9.17, 15) is 0 Å². The fourth-order valence-electron chi connectivity index (χ4n) is 2.39. The normalized spacial score (nSPS) is 25.6. The summed E-state index contributed by atoms with van der Waals surface area (Å²) in [5.41, 5.74) is 6.01. The summed E-state index contributed by atoms with van der Waals surface area (Å²) in [5.74, 6) is 1.13. The number of nitrogens with zero attached hydrogens (tertiary/aromatic N) is 2. The maximum atomic E-state index is 6.10. The summed E-state index contributed by atoms with van der Waals surface area (Å²) in [6, 6.07) is 0.0113. The van der Waals surface area contributed by atoms with Gasteiger partial charge in [-0.25, -0.2) is 0 Å². The molecule has 1 fully saturated rings. The molecule has 0 saturated carbocycles. The van der Waals surface area contributed by atoms with Crippen molar-refractivity contribution >= 4 is 0 Å². The lowest BCUT2D eigenvalue weighted by atomic mass is 9.88. The second-order valence-corrected chi connectivity index (χ2v) is 6.33. The summed E-state index contributed by atoms with van der Waals surface area (Å²) in [5, 5.41) is 4.09. The molecule has 3 unspecified atom stereocenters. The van der Waals surface area contributed by atoms with E-state index < -0.39 is 0 Å². The number of rotatable bonds is 4. The zero-order valence-electron chi connectivity index (χ0n) is 12.8. The minimum Gasteiger partial charge on any atom is -0.381 e. The van der Waals surface area contributed by atoms with E-state index in [1.807, 2.05) is 6.92 Å². The number of ether oxygens (including phenoxy) is 2. The maximum Gasteiger partial charge on any atom is 0.233 e. The molecular formula is C14H25N3O3. The smallest absolute Gasteiger partial charge is 0.233 e. The number of hydrogen-bond acceptors (Lipinski definition) is 6. The Bertz CT molecular complexity index is 428. The molecule has 2 N–H and O–H groups in total. The highest BCUT2D eigenvalue weighted by atomic mass is 16.5. The van der Waals surface area contributed by atoms with Crippen molar-refractivity contribution in [3.05, 3.63) is 11.7 Å². The Balaban J connectivity index is 2.18. The molecule has 0 bridgehead atoms. The van der Waals surface area contributed by atoms with Crippen molar-refractivity contribution in [2.45, 2.75) is 52.2 Å². The van der Waals surface area contributed by atoms with Gasteiger partial charge in [-0.3, -0.25) is 0 Å². The lowest BCUT2D eigenvalue weighted by Gasteiger charge is -2.27. The summed E-state index contributed by atoms with van der Waals surface area (Å²) in [7, 11) is 0. The summed E-state index contributed by atoms with van der Waals surface area (Å²) in [6.45, 7) is 10.1. The third-order valence-electron chi connectivity index (χ3n) is 3.54. The molecule has 6 nitrogen and oxygen atoms in total. The second kappa shape index (κ2) is 6.20. The Kier molecular flexibility index (Phi) is 4.78. The van der Waals surface area contributed by atoms with Crippen LogP contribution in [0.25, 0.3) is 0 Å². The lowest BCUT2D eigenvalue weighted by molar-refractivity contribution is -0.0203. The summed E-state index contributed by atoms with van der Waals surface area (Å²) < 4.78 is 16.6. The van der Waals surface area contributed by atoms with Gasteiger partial charge >= 0.3 is 0 Å². The molecule has 0 spiro atoms. The molecule has 1 aromatic heterocycles. The number of hydrogen-bond donors (Lipinski definition) is 1. The Morgan fingerprint density at radius 2 is 2.20 bits per heavy atom. The fraction of sp³-hybridized carbons (Fsp3) is 0.857. The van der Waals surface area contributed by atoms with Crippen molar-refractivity contribution in [1.29, 1.82) is 0 Å². The zero-order chi connectivity index (χ0) is 14.8. The number of aromatic nitrogens is 2. The van der Waals surface area contributed by atoms with Crippen LogP contribution in [0.15, 0.2) is 4.52 Å². The molecule has 1 aliphatic rings. The highest BCUT2D eigenvalue weighted by Gasteiger charge is 2.34. The molecule has 2 heterocycles. The Labute approximate surface area is 120 Å². The van der Waals surface area contributed by atoms with E-state index in [1.54, 1.807) is 0 Å². The van der Waals surface area contributed by atoms with Gasteiger partial charge in [0, 0.05) is 19.3 Å². The minimum atomic E-state index is -0.189. The first-order chi connectivity index (χ1) is 9.43. The van der Waals surface area contributed by atoms with Gasteiger partial charge in [0.2, 0.25) is 11.7 Å². The highest BCUT2D eigenvalue weighted by molar-refractivity contribution is 5.03. The van der Waals surface area contributed by atoms with E-state index in [4.69, 9.17) is 19.7 Å². The van der Waals surface area contributed by atoms with Gasteiger partial charge in [0.1, 0.15) is 6.10 Å². The Hall–Kier alpha value is -0.980. The van der Waals surface area contributed by atoms with Crippen molar-refractivity contribution in [2.24, 2.45) is 11.1 Å². The quantitative estimate of drug-likeness (QED) is 0.910. The third kappa shape index (κ3) is 3.37. The monoisotopic (exact) mass is 283 g/mol. The van der Waals surface area contributed by atoms with Crippen molar-refractivity contribution in [3.8, 4) is 0 Å². The average molecular weight is 283 g/mol. The van der Waals surface area contributed by atoms with Crippen LogP contribution in [0, 0.1) is 5.41 Å². The van der Waals surface area contributed by atoms with Gasteiger partial charge in [0.15, 0.2) is 0 Å². The van der Waals surface area contributed by atoms with Gasteiger partial charge < -0.3 is 19.7 Å². The van der Waals surface area contributed by atoms with Crippen LogP contribution in [-0.4, -0.2) is 36.0 Å². The van der Waals surface area contributed by atoms with Gasteiger partial charge in [-0.2, -0.15) is 4.98 Å². The van der Waals surface area contributed by atoms with Crippen LogP contribution in [0.4, 0.5) is 0 Å². The largest absolute Gasteiger partial charge is 0.381 e. The van der Waals surface area contributed by atoms with E-state index in [1.165, 1.54) is 0 Å². The molecule has 20 heavy (non-hydrogen) atoms. The van der Waals surface area contributed by atoms with E-state index >= 15 is 0 Å². The molecule has 3 atom stereocenters. The Morgan fingerprint density at radius 3 is 2.80 bits per heavy atom. The molecule has 1 saturated heterocycles. The maximum absolute atomic E-state index is 6.10. The molecule has 0 radical (unpaired) electrons. The zero-order valence-corrected chi connectivity index (χ0v) is 12.8. The van der Waals surface area contributed by atoms with Gasteiger partial charge in [0.05, 0.1) is 12.5 Å². The molecule has 6 heteroatoms.